The molecule has 7 heteroatoms. The lowest BCUT2D eigenvalue weighted by Crippen LogP contribution is -2.42. The predicted octanol–water partition coefficient (Wildman–Crippen LogP) is 4.36. The van der Waals surface area contributed by atoms with Gasteiger partial charge in [-0.05, 0) is 40.6 Å². The first-order valence-corrected chi connectivity index (χ1v) is 10.3. The van der Waals surface area contributed by atoms with Crippen molar-refractivity contribution < 1.29 is 18.4 Å². The Bertz CT molecular complexity index is 1210. The van der Waals surface area contributed by atoms with E-state index in [0.717, 1.165) is 27.5 Å². The molecule has 1 aromatic heterocycles. The molecule has 1 fully saturated rings. The average Bonchev–Trinajstić information content (AvgIpc) is 3.05. The molecule has 0 atom stereocenters. The third-order valence-electron chi connectivity index (χ3n) is 6.13. The zero-order valence-electron chi connectivity index (χ0n) is 17.1. The van der Waals surface area contributed by atoms with Crippen molar-refractivity contribution in [2.24, 2.45) is 0 Å². The van der Waals surface area contributed by atoms with E-state index in [9.17, 15) is 18.4 Å². The number of amides is 2. The lowest BCUT2D eigenvalue weighted by Gasteiger charge is -2.31. The third kappa shape index (κ3) is 3.54. The number of hydrogen-bond donors (Lipinski definition) is 0. The maximum absolute atomic E-state index is 13.4. The molecule has 5 nitrogen and oxygen atoms in total. The van der Waals surface area contributed by atoms with Gasteiger partial charge in [0.25, 0.3) is 17.7 Å². The maximum atomic E-state index is 13.4. The van der Waals surface area contributed by atoms with Crippen molar-refractivity contribution in [2.75, 3.05) is 20.1 Å². The van der Waals surface area contributed by atoms with Crippen LogP contribution >= 0.6 is 0 Å². The van der Waals surface area contributed by atoms with Crippen LogP contribution < -0.4 is 0 Å². The number of rotatable bonds is 2. The number of nitrogens with zero attached hydrogens (tertiary/aromatic N) is 3. The Kier molecular flexibility index (Phi) is 4.50. The summed E-state index contributed by atoms with van der Waals surface area (Å²) in [6.07, 6.45) is 1.11. The highest BCUT2D eigenvalue weighted by Crippen LogP contribution is 2.31. The van der Waals surface area contributed by atoms with E-state index in [4.69, 9.17) is 0 Å². The number of carbonyl (C=O) groups excluding carboxylic acids is 2. The Morgan fingerprint density at radius 2 is 1.74 bits per heavy atom. The van der Waals surface area contributed by atoms with Gasteiger partial charge in [-0.1, -0.05) is 18.2 Å². The second kappa shape index (κ2) is 7.11. The van der Waals surface area contributed by atoms with E-state index >= 15 is 0 Å². The highest BCUT2D eigenvalue weighted by Gasteiger charge is 2.35. The zero-order valence-corrected chi connectivity index (χ0v) is 17.1. The predicted molar refractivity (Wildman–Crippen MR) is 113 cm³/mol. The lowest BCUT2D eigenvalue weighted by molar-refractivity contribution is -0.0494. The molecular weight excluding hydrogens is 400 g/mol. The van der Waals surface area contributed by atoms with E-state index < -0.39 is 5.92 Å². The topological polar surface area (TPSA) is 53.5 Å². The van der Waals surface area contributed by atoms with Gasteiger partial charge in [-0.15, -0.1) is 0 Å². The van der Waals surface area contributed by atoms with Crippen LogP contribution in [-0.2, 0) is 6.54 Å². The minimum absolute atomic E-state index is 0.0673. The van der Waals surface area contributed by atoms with Crippen LogP contribution in [0.2, 0.25) is 0 Å². The van der Waals surface area contributed by atoms with Gasteiger partial charge >= 0.3 is 0 Å². The van der Waals surface area contributed by atoms with Gasteiger partial charge in [0.15, 0.2) is 0 Å². The van der Waals surface area contributed by atoms with E-state index in [0.29, 0.717) is 17.8 Å². The SMILES string of the molecule is CN1Cc2cc(-c3ccc4ccc(C(=O)N5CCC(F)(F)CC5)cc4c3)cnc2C1=O. The number of halogens is 2. The first-order valence-electron chi connectivity index (χ1n) is 10.3. The average molecular weight is 421 g/mol. The molecule has 0 N–H and O–H groups in total. The molecule has 2 aliphatic rings. The van der Waals surface area contributed by atoms with E-state index in [1.54, 1.807) is 24.2 Å². The molecule has 1 saturated heterocycles. The van der Waals surface area contributed by atoms with Crippen LogP contribution in [0.3, 0.4) is 0 Å². The fraction of sp³-hybridized carbons (Fsp3) is 0.292. The van der Waals surface area contributed by atoms with Gasteiger partial charge in [-0.3, -0.25) is 14.6 Å². The lowest BCUT2D eigenvalue weighted by atomic mass is 9.99. The summed E-state index contributed by atoms with van der Waals surface area (Å²) in [5.41, 5.74) is 3.72. The second-order valence-electron chi connectivity index (χ2n) is 8.32. The number of likely N-dealkylation sites (tertiary alicyclic amines) is 1. The Morgan fingerprint density at radius 3 is 2.52 bits per heavy atom. The normalized spacial score (nSPS) is 17.8. The number of piperidine rings is 1. The quantitative estimate of drug-likeness (QED) is 0.618. The summed E-state index contributed by atoms with van der Waals surface area (Å²) < 4.78 is 26.8. The van der Waals surface area contributed by atoms with E-state index in [1.165, 1.54) is 4.90 Å². The standard InChI is InChI=1S/C24H21F2N3O2/c1-28-14-20-12-19(13-27-21(20)23(28)31)16-4-2-15-3-5-17(11-18(15)10-16)22(30)29-8-6-24(25,26)7-9-29/h2-5,10-13H,6-9,14H2,1H3. The molecule has 2 amide bonds. The monoisotopic (exact) mass is 421 g/mol. The van der Waals surface area contributed by atoms with Gasteiger partial charge in [0.05, 0.1) is 0 Å². The first-order chi connectivity index (χ1) is 14.8. The van der Waals surface area contributed by atoms with Crippen molar-refractivity contribution in [3.8, 4) is 11.1 Å². The van der Waals surface area contributed by atoms with Crippen LogP contribution in [0.4, 0.5) is 8.78 Å². The Morgan fingerprint density at radius 1 is 1.00 bits per heavy atom. The van der Waals surface area contributed by atoms with Crippen molar-refractivity contribution in [1.29, 1.82) is 0 Å². The smallest absolute Gasteiger partial charge is 0.272 e. The molecule has 0 saturated carbocycles. The zero-order chi connectivity index (χ0) is 21.8. The molecule has 2 aromatic carbocycles. The van der Waals surface area contributed by atoms with Crippen molar-refractivity contribution in [3.05, 3.63) is 65.5 Å². The van der Waals surface area contributed by atoms with Crippen molar-refractivity contribution >= 4 is 22.6 Å². The highest BCUT2D eigenvalue weighted by atomic mass is 19.3. The fourth-order valence-electron chi connectivity index (χ4n) is 4.27. The summed E-state index contributed by atoms with van der Waals surface area (Å²) in [5, 5.41) is 1.87. The van der Waals surface area contributed by atoms with Gasteiger partial charge in [-0.25, -0.2) is 8.78 Å². The van der Waals surface area contributed by atoms with E-state index in [-0.39, 0.29) is 37.7 Å². The maximum Gasteiger partial charge on any atom is 0.272 e. The van der Waals surface area contributed by atoms with Crippen molar-refractivity contribution in [1.82, 2.24) is 14.8 Å². The minimum atomic E-state index is -2.68. The fourth-order valence-corrected chi connectivity index (χ4v) is 4.27. The van der Waals surface area contributed by atoms with E-state index in [2.05, 4.69) is 4.98 Å². The molecule has 0 radical (unpaired) electrons. The van der Waals surface area contributed by atoms with Gasteiger partial charge in [-0.2, -0.15) is 0 Å². The Labute approximate surface area is 178 Å². The summed E-state index contributed by atoms with van der Waals surface area (Å²) in [6.45, 7) is 0.672. The number of pyridine rings is 1. The Hall–Kier alpha value is -3.35. The molecule has 3 aromatic rings. The number of hydrogen-bond acceptors (Lipinski definition) is 3. The summed E-state index contributed by atoms with van der Waals surface area (Å²) in [5.74, 6) is -2.97. The molecule has 0 spiro atoms. The van der Waals surface area contributed by atoms with Crippen LogP contribution in [0.1, 0.15) is 39.3 Å². The van der Waals surface area contributed by atoms with Crippen molar-refractivity contribution in [2.45, 2.75) is 25.3 Å². The molecular formula is C24H21F2N3O2. The van der Waals surface area contributed by atoms with Gasteiger partial charge in [0.1, 0.15) is 5.69 Å². The summed E-state index contributed by atoms with van der Waals surface area (Å²) in [7, 11) is 1.75. The molecule has 31 heavy (non-hydrogen) atoms. The summed E-state index contributed by atoms with van der Waals surface area (Å²) in [6, 6.07) is 13.4. The third-order valence-corrected chi connectivity index (χ3v) is 6.13. The number of fused-ring (bicyclic) bond motifs is 2. The van der Waals surface area contributed by atoms with Crippen LogP contribution in [-0.4, -0.2) is 52.7 Å². The van der Waals surface area contributed by atoms with Gasteiger partial charge in [0, 0.05) is 62.4 Å². The molecule has 3 heterocycles. The van der Waals surface area contributed by atoms with E-state index in [1.807, 2.05) is 36.4 Å². The highest BCUT2D eigenvalue weighted by molar-refractivity contribution is 6.00. The molecule has 2 aliphatic heterocycles. The van der Waals surface area contributed by atoms with Gasteiger partial charge < -0.3 is 9.80 Å². The molecule has 5 rings (SSSR count). The van der Waals surface area contributed by atoms with Gasteiger partial charge in [0.2, 0.25) is 0 Å². The first kappa shape index (κ1) is 19.6. The molecule has 0 bridgehead atoms. The Balaban J connectivity index is 1.44. The largest absolute Gasteiger partial charge is 0.338 e. The van der Waals surface area contributed by atoms with Crippen LogP contribution in [0, 0.1) is 0 Å². The van der Waals surface area contributed by atoms with Crippen LogP contribution in [0.25, 0.3) is 21.9 Å². The number of carbonyl (C=O) groups is 2. The summed E-state index contributed by atoms with van der Waals surface area (Å²) in [4.78, 5) is 32.4. The molecule has 158 valence electrons. The molecule has 0 unspecified atom stereocenters. The number of aromatic nitrogens is 1. The van der Waals surface area contributed by atoms with Crippen LogP contribution in [0.5, 0.6) is 0 Å². The minimum Gasteiger partial charge on any atom is -0.338 e. The van der Waals surface area contributed by atoms with Crippen LogP contribution in [0.15, 0.2) is 48.7 Å². The molecule has 0 aliphatic carbocycles. The van der Waals surface area contributed by atoms with Crippen molar-refractivity contribution in [3.63, 3.8) is 0 Å². The number of benzene rings is 2. The summed E-state index contributed by atoms with van der Waals surface area (Å²) >= 11 is 0. The second-order valence-corrected chi connectivity index (χ2v) is 8.32. The number of alkyl halides is 2.